The van der Waals surface area contributed by atoms with Gasteiger partial charge in [-0.05, 0) is 30.7 Å². The maximum atomic E-state index is 13.8. The van der Waals surface area contributed by atoms with Crippen molar-refractivity contribution in [1.82, 2.24) is 0 Å². The number of ether oxygens (including phenoxy) is 2. The summed E-state index contributed by atoms with van der Waals surface area (Å²) in [4.78, 5) is -0.338. The number of benzene rings is 2. The highest BCUT2D eigenvalue weighted by atomic mass is 79.9. The third-order valence-electron chi connectivity index (χ3n) is 3.22. The minimum Gasteiger partial charge on any atom is -0.496 e. The SMILES string of the molecule is COc1cccc(OC)c1C(Br)Cc1c(F)cccc1F. The van der Waals surface area contributed by atoms with Crippen molar-refractivity contribution in [2.24, 2.45) is 0 Å². The van der Waals surface area contributed by atoms with Crippen LogP contribution in [0.2, 0.25) is 0 Å². The lowest BCUT2D eigenvalue weighted by Gasteiger charge is -2.18. The van der Waals surface area contributed by atoms with Gasteiger partial charge in [0.05, 0.1) is 24.6 Å². The van der Waals surface area contributed by atoms with Crippen molar-refractivity contribution < 1.29 is 18.3 Å². The van der Waals surface area contributed by atoms with E-state index in [0.717, 1.165) is 5.56 Å². The first kappa shape index (κ1) is 15.8. The molecule has 112 valence electrons. The van der Waals surface area contributed by atoms with Crippen LogP contribution in [0.3, 0.4) is 0 Å². The van der Waals surface area contributed by atoms with Crippen molar-refractivity contribution in [3.8, 4) is 11.5 Å². The van der Waals surface area contributed by atoms with Crippen molar-refractivity contribution in [1.29, 1.82) is 0 Å². The first-order valence-corrected chi connectivity index (χ1v) is 7.28. The van der Waals surface area contributed by atoms with Crippen LogP contribution in [0.5, 0.6) is 11.5 Å². The molecule has 0 saturated carbocycles. The van der Waals surface area contributed by atoms with Gasteiger partial charge in [-0.25, -0.2) is 8.78 Å². The van der Waals surface area contributed by atoms with E-state index in [2.05, 4.69) is 15.9 Å². The van der Waals surface area contributed by atoms with Crippen LogP contribution in [0.25, 0.3) is 0 Å². The Balaban J connectivity index is 2.39. The predicted molar refractivity (Wildman–Crippen MR) is 81.3 cm³/mol. The van der Waals surface area contributed by atoms with Crippen molar-refractivity contribution in [2.45, 2.75) is 11.2 Å². The lowest BCUT2D eigenvalue weighted by Crippen LogP contribution is -2.05. The molecule has 0 aliphatic carbocycles. The van der Waals surface area contributed by atoms with E-state index in [-0.39, 0.29) is 16.8 Å². The average molecular weight is 357 g/mol. The highest BCUT2D eigenvalue weighted by Gasteiger charge is 2.21. The van der Waals surface area contributed by atoms with Crippen LogP contribution in [0, 0.1) is 11.6 Å². The molecule has 2 rings (SSSR count). The van der Waals surface area contributed by atoms with Crippen LogP contribution in [-0.2, 0) is 6.42 Å². The topological polar surface area (TPSA) is 18.5 Å². The largest absolute Gasteiger partial charge is 0.496 e. The van der Waals surface area contributed by atoms with Crippen LogP contribution in [-0.4, -0.2) is 14.2 Å². The molecule has 0 fully saturated rings. The third kappa shape index (κ3) is 3.35. The van der Waals surface area contributed by atoms with E-state index in [4.69, 9.17) is 9.47 Å². The molecule has 2 aromatic rings. The molecule has 0 bridgehead atoms. The number of alkyl halides is 1. The molecule has 0 N–H and O–H groups in total. The van der Waals surface area contributed by atoms with E-state index >= 15 is 0 Å². The second-order valence-electron chi connectivity index (χ2n) is 4.45. The molecular weight excluding hydrogens is 342 g/mol. The molecule has 0 spiro atoms. The lowest BCUT2D eigenvalue weighted by atomic mass is 10.0. The van der Waals surface area contributed by atoms with Crippen molar-refractivity contribution in [2.75, 3.05) is 14.2 Å². The summed E-state index contributed by atoms with van der Waals surface area (Å²) in [5, 5.41) is 0. The Hall–Kier alpha value is -1.62. The summed E-state index contributed by atoms with van der Waals surface area (Å²) in [6, 6.07) is 9.20. The van der Waals surface area contributed by atoms with Crippen LogP contribution in [0.15, 0.2) is 36.4 Å². The summed E-state index contributed by atoms with van der Waals surface area (Å²) in [6.07, 6.45) is 0.148. The second kappa shape index (κ2) is 6.89. The fourth-order valence-corrected chi connectivity index (χ4v) is 2.97. The van der Waals surface area contributed by atoms with Crippen LogP contribution < -0.4 is 9.47 Å². The second-order valence-corrected chi connectivity index (χ2v) is 5.55. The Morgan fingerprint density at radius 1 is 0.952 bits per heavy atom. The van der Waals surface area contributed by atoms with Gasteiger partial charge in [0.1, 0.15) is 23.1 Å². The number of hydrogen-bond acceptors (Lipinski definition) is 2. The lowest BCUT2D eigenvalue weighted by molar-refractivity contribution is 0.384. The quantitative estimate of drug-likeness (QED) is 0.725. The molecule has 0 amide bonds. The smallest absolute Gasteiger partial charge is 0.129 e. The fraction of sp³-hybridized carbons (Fsp3) is 0.250. The molecule has 1 unspecified atom stereocenters. The third-order valence-corrected chi connectivity index (χ3v) is 4.01. The van der Waals surface area contributed by atoms with Gasteiger partial charge in [-0.1, -0.05) is 28.1 Å². The van der Waals surface area contributed by atoms with E-state index < -0.39 is 11.6 Å². The molecule has 0 aromatic heterocycles. The Kier molecular flexibility index (Phi) is 5.17. The Bertz CT molecular complexity index is 589. The van der Waals surface area contributed by atoms with Gasteiger partial charge in [-0.2, -0.15) is 0 Å². The van der Waals surface area contributed by atoms with Gasteiger partial charge < -0.3 is 9.47 Å². The van der Waals surface area contributed by atoms with Crippen LogP contribution in [0.1, 0.15) is 16.0 Å². The van der Waals surface area contributed by atoms with E-state index in [9.17, 15) is 8.78 Å². The molecule has 0 aliphatic heterocycles. The van der Waals surface area contributed by atoms with Crippen molar-refractivity contribution in [3.63, 3.8) is 0 Å². The standard InChI is InChI=1S/C16H15BrF2O2/c1-20-14-7-4-8-15(21-2)16(14)11(17)9-10-12(18)5-3-6-13(10)19/h3-8,11H,9H2,1-2H3. The minimum atomic E-state index is -0.562. The molecule has 0 radical (unpaired) electrons. The highest BCUT2D eigenvalue weighted by molar-refractivity contribution is 9.09. The number of rotatable bonds is 5. The normalized spacial score (nSPS) is 12.0. The summed E-state index contributed by atoms with van der Waals surface area (Å²) < 4.78 is 38.2. The van der Waals surface area contributed by atoms with E-state index in [1.54, 1.807) is 32.4 Å². The summed E-state index contributed by atoms with van der Waals surface area (Å²) >= 11 is 3.48. The molecule has 5 heteroatoms. The molecule has 0 heterocycles. The van der Waals surface area contributed by atoms with Crippen molar-refractivity contribution in [3.05, 3.63) is 59.2 Å². The van der Waals surface area contributed by atoms with E-state index in [0.29, 0.717) is 11.5 Å². The molecular formula is C16H15BrF2O2. The summed E-state index contributed by atoms with van der Waals surface area (Å²) in [5.74, 6) is 0.0857. The Labute approximate surface area is 130 Å². The summed E-state index contributed by atoms with van der Waals surface area (Å²) in [7, 11) is 3.09. The van der Waals surface area contributed by atoms with E-state index in [1.807, 2.05) is 0 Å². The first-order chi connectivity index (χ1) is 10.1. The fourth-order valence-electron chi connectivity index (χ4n) is 2.20. The van der Waals surface area contributed by atoms with Gasteiger partial charge in [0.2, 0.25) is 0 Å². The zero-order valence-corrected chi connectivity index (χ0v) is 13.3. The Morgan fingerprint density at radius 2 is 1.43 bits per heavy atom. The number of halogens is 3. The average Bonchev–Trinajstić information content (AvgIpc) is 2.49. The van der Waals surface area contributed by atoms with Crippen LogP contribution in [0.4, 0.5) is 8.78 Å². The van der Waals surface area contributed by atoms with Gasteiger partial charge >= 0.3 is 0 Å². The predicted octanol–water partition coefficient (Wildman–Crippen LogP) is 4.66. The van der Waals surface area contributed by atoms with Crippen LogP contribution >= 0.6 is 15.9 Å². The van der Waals surface area contributed by atoms with Gasteiger partial charge in [-0.15, -0.1) is 0 Å². The van der Waals surface area contributed by atoms with Gasteiger partial charge in [0.25, 0.3) is 0 Å². The molecule has 2 aromatic carbocycles. The molecule has 2 nitrogen and oxygen atoms in total. The monoisotopic (exact) mass is 356 g/mol. The summed E-state index contributed by atoms with van der Waals surface area (Å²) in [5.41, 5.74) is 0.762. The van der Waals surface area contributed by atoms with Gasteiger partial charge in [0, 0.05) is 5.56 Å². The maximum absolute atomic E-state index is 13.8. The summed E-state index contributed by atoms with van der Waals surface area (Å²) in [6.45, 7) is 0. The molecule has 1 atom stereocenters. The highest BCUT2D eigenvalue weighted by Crippen LogP contribution is 2.40. The zero-order valence-electron chi connectivity index (χ0n) is 11.7. The first-order valence-electron chi connectivity index (χ1n) is 6.36. The molecule has 0 aliphatic rings. The van der Waals surface area contributed by atoms with Crippen molar-refractivity contribution >= 4 is 15.9 Å². The molecule has 21 heavy (non-hydrogen) atoms. The maximum Gasteiger partial charge on any atom is 0.129 e. The van der Waals surface area contributed by atoms with Gasteiger partial charge in [0.15, 0.2) is 0 Å². The minimum absolute atomic E-state index is 0.0346. The Morgan fingerprint density at radius 3 is 1.90 bits per heavy atom. The zero-order chi connectivity index (χ0) is 15.4. The number of methoxy groups -OCH3 is 2. The van der Waals surface area contributed by atoms with E-state index in [1.165, 1.54) is 18.2 Å². The molecule has 0 saturated heterocycles. The number of hydrogen-bond donors (Lipinski definition) is 0. The van der Waals surface area contributed by atoms with Gasteiger partial charge in [-0.3, -0.25) is 0 Å².